The first kappa shape index (κ1) is 14.7. The van der Waals surface area contributed by atoms with E-state index in [0.717, 1.165) is 0 Å². The predicted molar refractivity (Wildman–Crippen MR) is 71.7 cm³/mol. The summed E-state index contributed by atoms with van der Waals surface area (Å²) in [6, 6.07) is 0. The zero-order chi connectivity index (χ0) is 13.9. The molecule has 19 heavy (non-hydrogen) atoms. The van der Waals surface area contributed by atoms with Gasteiger partial charge in [0.25, 0.3) is 0 Å². The molecule has 0 aromatic heterocycles. The van der Waals surface area contributed by atoms with Crippen LogP contribution in [0.2, 0.25) is 0 Å². The molecule has 1 amide bonds. The van der Waals surface area contributed by atoms with Crippen LogP contribution in [0.4, 0.5) is 0 Å². The van der Waals surface area contributed by atoms with Crippen molar-refractivity contribution in [3.63, 3.8) is 0 Å². The number of sulfone groups is 1. The summed E-state index contributed by atoms with van der Waals surface area (Å²) >= 11 is 0. The molecular weight excluding hydrogens is 268 g/mol. The van der Waals surface area contributed by atoms with E-state index in [2.05, 4.69) is 0 Å². The first-order chi connectivity index (χ1) is 8.99. The SMILES string of the molecule is CC1CCN(CC(=O)N2CCOCC2)CCS1(=O)=O. The lowest BCUT2D eigenvalue weighted by molar-refractivity contribution is -0.136. The molecule has 2 heterocycles. The quantitative estimate of drug-likeness (QED) is 0.676. The third-order valence-electron chi connectivity index (χ3n) is 3.88. The minimum atomic E-state index is -2.98. The van der Waals surface area contributed by atoms with Crippen LogP contribution in [0.5, 0.6) is 0 Å². The number of carbonyl (C=O) groups is 1. The summed E-state index contributed by atoms with van der Waals surface area (Å²) in [6.45, 7) is 5.68. The number of rotatable bonds is 2. The van der Waals surface area contributed by atoms with Crippen molar-refractivity contribution in [3.05, 3.63) is 0 Å². The summed E-state index contributed by atoms with van der Waals surface area (Å²) in [7, 11) is -2.98. The van der Waals surface area contributed by atoms with Crippen molar-refractivity contribution in [3.8, 4) is 0 Å². The van der Waals surface area contributed by atoms with E-state index in [1.165, 1.54) is 0 Å². The topological polar surface area (TPSA) is 66.9 Å². The van der Waals surface area contributed by atoms with Gasteiger partial charge in [-0.3, -0.25) is 9.69 Å². The number of ether oxygens (including phenoxy) is 1. The first-order valence-electron chi connectivity index (χ1n) is 6.78. The molecule has 2 fully saturated rings. The van der Waals surface area contributed by atoms with Crippen LogP contribution < -0.4 is 0 Å². The smallest absolute Gasteiger partial charge is 0.236 e. The van der Waals surface area contributed by atoms with E-state index in [9.17, 15) is 13.2 Å². The van der Waals surface area contributed by atoms with Crippen molar-refractivity contribution >= 4 is 15.7 Å². The predicted octanol–water partition coefficient (Wildman–Crippen LogP) is -0.646. The van der Waals surface area contributed by atoms with E-state index in [-0.39, 0.29) is 16.9 Å². The molecule has 2 rings (SSSR count). The monoisotopic (exact) mass is 290 g/mol. The van der Waals surface area contributed by atoms with Crippen LogP contribution in [0.3, 0.4) is 0 Å². The summed E-state index contributed by atoms with van der Waals surface area (Å²) in [4.78, 5) is 15.9. The van der Waals surface area contributed by atoms with Gasteiger partial charge in [-0.15, -0.1) is 0 Å². The van der Waals surface area contributed by atoms with Crippen LogP contribution >= 0.6 is 0 Å². The fourth-order valence-corrected chi connectivity index (χ4v) is 3.75. The van der Waals surface area contributed by atoms with Crippen LogP contribution in [-0.2, 0) is 19.4 Å². The number of amides is 1. The minimum absolute atomic E-state index is 0.0789. The molecule has 0 N–H and O–H groups in total. The van der Waals surface area contributed by atoms with Gasteiger partial charge < -0.3 is 9.64 Å². The van der Waals surface area contributed by atoms with Gasteiger partial charge >= 0.3 is 0 Å². The fourth-order valence-electron chi connectivity index (χ4n) is 2.38. The third kappa shape index (κ3) is 3.90. The number of nitrogens with zero attached hydrogens (tertiary/aromatic N) is 2. The molecule has 6 nitrogen and oxygen atoms in total. The summed E-state index contributed by atoms with van der Waals surface area (Å²) in [5.74, 6) is 0.236. The van der Waals surface area contributed by atoms with Gasteiger partial charge in [0, 0.05) is 19.6 Å². The first-order valence-corrected chi connectivity index (χ1v) is 8.50. The van der Waals surface area contributed by atoms with Crippen LogP contribution in [0.15, 0.2) is 0 Å². The molecule has 110 valence electrons. The molecule has 0 saturated carbocycles. The van der Waals surface area contributed by atoms with Gasteiger partial charge in [-0.2, -0.15) is 0 Å². The van der Waals surface area contributed by atoms with Crippen molar-refractivity contribution in [2.75, 3.05) is 51.7 Å². The highest BCUT2D eigenvalue weighted by atomic mass is 32.2. The van der Waals surface area contributed by atoms with Gasteiger partial charge in [-0.1, -0.05) is 0 Å². The van der Waals surface area contributed by atoms with Gasteiger partial charge in [0.15, 0.2) is 9.84 Å². The Morgan fingerprint density at radius 3 is 2.58 bits per heavy atom. The molecule has 0 radical (unpaired) electrons. The maximum Gasteiger partial charge on any atom is 0.236 e. The average Bonchev–Trinajstić information content (AvgIpc) is 2.53. The largest absolute Gasteiger partial charge is 0.378 e. The van der Waals surface area contributed by atoms with Crippen LogP contribution in [-0.4, -0.2) is 81.1 Å². The molecule has 2 saturated heterocycles. The van der Waals surface area contributed by atoms with E-state index >= 15 is 0 Å². The Morgan fingerprint density at radius 1 is 1.21 bits per heavy atom. The highest BCUT2D eigenvalue weighted by Gasteiger charge is 2.28. The van der Waals surface area contributed by atoms with Crippen LogP contribution in [0.1, 0.15) is 13.3 Å². The Hall–Kier alpha value is -0.660. The Morgan fingerprint density at radius 2 is 1.89 bits per heavy atom. The highest BCUT2D eigenvalue weighted by molar-refractivity contribution is 7.92. The van der Waals surface area contributed by atoms with E-state index in [4.69, 9.17) is 4.74 Å². The molecule has 1 atom stereocenters. The van der Waals surface area contributed by atoms with E-state index in [0.29, 0.717) is 52.4 Å². The average molecular weight is 290 g/mol. The van der Waals surface area contributed by atoms with E-state index in [1.807, 2.05) is 4.90 Å². The van der Waals surface area contributed by atoms with Gasteiger partial charge in [0.05, 0.1) is 30.8 Å². The second-order valence-corrected chi connectivity index (χ2v) is 7.77. The fraction of sp³-hybridized carbons (Fsp3) is 0.917. The Bertz CT molecular complexity index is 417. The molecule has 2 aliphatic rings. The van der Waals surface area contributed by atoms with Gasteiger partial charge in [0.2, 0.25) is 5.91 Å². The van der Waals surface area contributed by atoms with Crippen molar-refractivity contribution in [1.82, 2.24) is 9.80 Å². The minimum Gasteiger partial charge on any atom is -0.378 e. The second-order valence-electron chi connectivity index (χ2n) is 5.24. The summed E-state index contributed by atoms with van der Waals surface area (Å²) in [5, 5.41) is -0.295. The van der Waals surface area contributed by atoms with Crippen molar-refractivity contribution < 1.29 is 17.9 Å². The number of hydrogen-bond acceptors (Lipinski definition) is 5. The molecule has 2 aliphatic heterocycles. The lowest BCUT2D eigenvalue weighted by Crippen LogP contribution is -2.46. The number of morpholine rings is 1. The third-order valence-corrected chi connectivity index (χ3v) is 6.09. The number of carbonyl (C=O) groups excluding carboxylic acids is 1. The molecule has 0 spiro atoms. The molecule has 7 heteroatoms. The maximum atomic E-state index is 12.1. The normalized spacial score (nSPS) is 28.9. The number of hydrogen-bond donors (Lipinski definition) is 0. The zero-order valence-electron chi connectivity index (χ0n) is 11.4. The highest BCUT2D eigenvalue weighted by Crippen LogP contribution is 2.13. The lowest BCUT2D eigenvalue weighted by Gasteiger charge is -2.29. The van der Waals surface area contributed by atoms with Gasteiger partial charge in [-0.05, 0) is 19.9 Å². The summed E-state index contributed by atoms with van der Waals surface area (Å²) in [5.41, 5.74) is 0. The van der Waals surface area contributed by atoms with Gasteiger partial charge in [-0.25, -0.2) is 8.42 Å². The summed E-state index contributed by atoms with van der Waals surface area (Å²) < 4.78 is 28.8. The van der Waals surface area contributed by atoms with E-state index in [1.54, 1.807) is 11.8 Å². The molecular formula is C12H22N2O4S. The van der Waals surface area contributed by atoms with E-state index < -0.39 is 9.84 Å². The van der Waals surface area contributed by atoms with Gasteiger partial charge in [0.1, 0.15) is 0 Å². The molecule has 0 aromatic carbocycles. The molecule has 0 aliphatic carbocycles. The maximum absolute atomic E-state index is 12.1. The Balaban J connectivity index is 1.87. The van der Waals surface area contributed by atoms with Crippen LogP contribution in [0, 0.1) is 0 Å². The van der Waals surface area contributed by atoms with Crippen molar-refractivity contribution in [2.24, 2.45) is 0 Å². The standard InChI is InChI=1S/C12H22N2O4S/c1-11-2-3-13(6-9-19(11,16)17)10-12(15)14-4-7-18-8-5-14/h11H,2-10H2,1H3. The second kappa shape index (κ2) is 6.19. The van der Waals surface area contributed by atoms with Crippen LogP contribution in [0.25, 0.3) is 0 Å². The Labute approximate surface area is 114 Å². The summed E-state index contributed by atoms with van der Waals surface area (Å²) in [6.07, 6.45) is 0.610. The zero-order valence-corrected chi connectivity index (χ0v) is 12.2. The van der Waals surface area contributed by atoms with Crippen molar-refractivity contribution in [2.45, 2.75) is 18.6 Å². The van der Waals surface area contributed by atoms with Crippen molar-refractivity contribution in [1.29, 1.82) is 0 Å². The Kier molecular flexibility index (Phi) is 4.81. The molecule has 1 unspecified atom stereocenters. The molecule has 0 bridgehead atoms. The molecule has 0 aromatic rings. The lowest BCUT2D eigenvalue weighted by atomic mass is 10.3.